The Kier molecular flexibility index (Phi) is 7.77. The highest BCUT2D eigenvalue weighted by Gasteiger charge is 2.73. The minimum Gasteiger partial charge on any atom is -0.359 e. The third-order valence-electron chi connectivity index (χ3n) is 11.3. The molecule has 1 spiro atoms. The monoisotopic (exact) mass is 579 g/mol. The first-order valence-corrected chi connectivity index (χ1v) is 16.8. The van der Waals surface area contributed by atoms with E-state index < -0.39 is 29.6 Å². The second kappa shape index (κ2) is 11.1. The van der Waals surface area contributed by atoms with Gasteiger partial charge in [0.25, 0.3) is 0 Å². The molecule has 2 saturated carbocycles. The standard InChI is InChI=1S/C33H45N3O4S/c1-18-9-6-13-24(20(18)3)35-31(38)29-33-16-15-26(40-33)27(30(37)34-22-11-8-12-23(17-22)41-5)28(33)32(39)36(29)25-14-7-10-19(2)21(25)4/h8,11-12,15-21,24-29H,6-7,9-10,13-14H2,1-5H3,(H,34,37)(H,35,38)/t18-,19+,20-,21-,24+,25+,26-,27+,28-,29-,33-/m0/s1. The van der Waals surface area contributed by atoms with Gasteiger partial charge >= 0.3 is 0 Å². The zero-order valence-corrected chi connectivity index (χ0v) is 25.8. The normalized spacial score (nSPS) is 41.4. The second-order valence-electron chi connectivity index (χ2n) is 13.4. The van der Waals surface area contributed by atoms with E-state index in [4.69, 9.17) is 4.74 Å². The summed E-state index contributed by atoms with van der Waals surface area (Å²) in [6.07, 6.45) is 11.6. The van der Waals surface area contributed by atoms with Gasteiger partial charge in [-0.3, -0.25) is 14.4 Å². The smallest absolute Gasteiger partial charge is 0.246 e. The molecule has 2 saturated heterocycles. The molecule has 6 rings (SSSR count). The molecule has 11 atom stereocenters. The maximum atomic E-state index is 14.6. The molecule has 3 amide bonds. The van der Waals surface area contributed by atoms with Crippen LogP contribution in [0.25, 0.3) is 0 Å². The number of carbonyl (C=O) groups excluding carboxylic acids is 3. The molecule has 3 heterocycles. The Hall–Kier alpha value is -2.32. The summed E-state index contributed by atoms with van der Waals surface area (Å²) < 4.78 is 6.63. The number of fused-ring (bicyclic) bond motifs is 1. The van der Waals surface area contributed by atoms with E-state index in [1.165, 1.54) is 6.42 Å². The number of amides is 3. The molecule has 222 valence electrons. The molecule has 0 aromatic heterocycles. The first kappa shape index (κ1) is 28.8. The molecule has 2 N–H and O–H groups in total. The lowest BCUT2D eigenvalue weighted by Crippen LogP contribution is -2.61. The van der Waals surface area contributed by atoms with Gasteiger partial charge in [0, 0.05) is 22.7 Å². The van der Waals surface area contributed by atoms with E-state index in [2.05, 4.69) is 38.3 Å². The number of nitrogens with zero attached hydrogens (tertiary/aromatic N) is 1. The third-order valence-corrected chi connectivity index (χ3v) is 12.0. The first-order valence-electron chi connectivity index (χ1n) is 15.6. The number of ether oxygens (including phenoxy) is 1. The third kappa shape index (κ3) is 4.73. The van der Waals surface area contributed by atoms with Crippen molar-refractivity contribution in [2.75, 3.05) is 11.6 Å². The van der Waals surface area contributed by atoms with Crippen molar-refractivity contribution in [2.24, 2.45) is 35.5 Å². The number of thioether (sulfide) groups is 1. The summed E-state index contributed by atoms with van der Waals surface area (Å²) in [6.45, 7) is 8.95. The van der Waals surface area contributed by atoms with Crippen LogP contribution in [0.15, 0.2) is 41.3 Å². The van der Waals surface area contributed by atoms with Gasteiger partial charge in [0.05, 0.1) is 17.9 Å². The van der Waals surface area contributed by atoms with Crippen molar-refractivity contribution in [3.05, 3.63) is 36.4 Å². The van der Waals surface area contributed by atoms with Crippen LogP contribution in [-0.4, -0.2) is 58.7 Å². The van der Waals surface area contributed by atoms with Crippen LogP contribution in [0, 0.1) is 35.5 Å². The predicted molar refractivity (Wildman–Crippen MR) is 161 cm³/mol. The van der Waals surface area contributed by atoms with Crippen molar-refractivity contribution in [1.29, 1.82) is 0 Å². The number of benzene rings is 1. The molecule has 0 unspecified atom stereocenters. The molecule has 7 nitrogen and oxygen atoms in total. The molecular weight excluding hydrogens is 534 g/mol. The summed E-state index contributed by atoms with van der Waals surface area (Å²) in [5, 5.41) is 6.46. The van der Waals surface area contributed by atoms with E-state index in [1.54, 1.807) is 11.8 Å². The fourth-order valence-electron chi connectivity index (χ4n) is 8.48. The molecule has 41 heavy (non-hydrogen) atoms. The summed E-state index contributed by atoms with van der Waals surface area (Å²) in [6, 6.07) is 6.98. The van der Waals surface area contributed by atoms with E-state index >= 15 is 0 Å². The number of rotatable bonds is 6. The average molecular weight is 580 g/mol. The highest BCUT2D eigenvalue weighted by atomic mass is 32.2. The van der Waals surface area contributed by atoms with Gasteiger partial charge in [0.1, 0.15) is 11.6 Å². The molecule has 5 aliphatic rings. The van der Waals surface area contributed by atoms with E-state index in [9.17, 15) is 14.4 Å². The number of anilines is 1. The van der Waals surface area contributed by atoms with E-state index in [1.807, 2.05) is 47.6 Å². The zero-order chi connectivity index (χ0) is 29.1. The van der Waals surface area contributed by atoms with Gasteiger partial charge in [0.15, 0.2) is 0 Å². The van der Waals surface area contributed by atoms with Gasteiger partial charge in [0.2, 0.25) is 17.7 Å². The molecule has 3 aliphatic heterocycles. The van der Waals surface area contributed by atoms with E-state index in [-0.39, 0.29) is 35.7 Å². The largest absolute Gasteiger partial charge is 0.359 e. The van der Waals surface area contributed by atoms with E-state index in [0.717, 1.165) is 37.0 Å². The number of hydrogen-bond donors (Lipinski definition) is 2. The first-order chi connectivity index (χ1) is 19.7. The van der Waals surface area contributed by atoms with Crippen molar-refractivity contribution < 1.29 is 19.1 Å². The van der Waals surface area contributed by atoms with Gasteiger partial charge in [-0.2, -0.15) is 0 Å². The summed E-state index contributed by atoms with van der Waals surface area (Å²) >= 11 is 1.61. The van der Waals surface area contributed by atoms with Crippen LogP contribution >= 0.6 is 11.8 Å². The highest BCUT2D eigenvalue weighted by molar-refractivity contribution is 7.98. The Balaban J connectivity index is 1.34. The fraction of sp³-hybridized carbons (Fsp3) is 0.667. The Morgan fingerprint density at radius 1 is 1.00 bits per heavy atom. The predicted octanol–water partition coefficient (Wildman–Crippen LogP) is 5.26. The topological polar surface area (TPSA) is 87.7 Å². The molecule has 4 fully saturated rings. The van der Waals surface area contributed by atoms with Crippen LogP contribution in [-0.2, 0) is 19.1 Å². The zero-order valence-electron chi connectivity index (χ0n) is 25.0. The van der Waals surface area contributed by atoms with Crippen molar-refractivity contribution >= 4 is 35.2 Å². The van der Waals surface area contributed by atoms with Gasteiger partial charge < -0.3 is 20.3 Å². The fourth-order valence-corrected chi connectivity index (χ4v) is 8.94. The molecule has 1 aromatic carbocycles. The van der Waals surface area contributed by atoms with E-state index in [0.29, 0.717) is 23.4 Å². The van der Waals surface area contributed by atoms with Crippen molar-refractivity contribution in [3.8, 4) is 0 Å². The molecule has 2 aliphatic carbocycles. The van der Waals surface area contributed by atoms with Gasteiger partial charge in [-0.05, 0) is 61.0 Å². The lowest BCUT2D eigenvalue weighted by atomic mass is 9.73. The Labute approximate surface area is 248 Å². The number of likely N-dealkylation sites (tertiary alicyclic amines) is 1. The average Bonchev–Trinajstić information content (AvgIpc) is 3.60. The minimum atomic E-state index is -1.13. The Morgan fingerprint density at radius 3 is 2.49 bits per heavy atom. The maximum Gasteiger partial charge on any atom is 0.246 e. The SMILES string of the molecule is CSc1cccc(NC(=O)[C@@H]2[C@@H]3C=C[C@]4(O3)[C@@H]2C(=O)N([C@@H]2CCC[C@@H](C)[C@@H]2C)[C@H]4C(=O)N[C@@H]2CCC[C@H](C)[C@@H]2C)c1. The summed E-state index contributed by atoms with van der Waals surface area (Å²) in [4.78, 5) is 45.7. The highest BCUT2D eigenvalue weighted by Crippen LogP contribution is 2.57. The second-order valence-corrected chi connectivity index (χ2v) is 14.3. The molecule has 0 radical (unpaired) electrons. The summed E-state index contributed by atoms with van der Waals surface area (Å²) in [5.41, 5.74) is -0.423. The number of carbonyl (C=O) groups is 3. The van der Waals surface area contributed by atoms with Crippen molar-refractivity contribution in [1.82, 2.24) is 10.2 Å². The lowest BCUT2D eigenvalue weighted by molar-refractivity contribution is -0.146. The van der Waals surface area contributed by atoms with Crippen molar-refractivity contribution in [2.45, 2.75) is 101 Å². The van der Waals surface area contributed by atoms with Gasteiger partial charge in [-0.1, -0.05) is 71.6 Å². The molecule has 2 bridgehead atoms. The van der Waals surface area contributed by atoms with Gasteiger partial charge in [-0.25, -0.2) is 0 Å². The lowest BCUT2D eigenvalue weighted by Gasteiger charge is -2.44. The maximum absolute atomic E-state index is 14.6. The van der Waals surface area contributed by atoms with Crippen LogP contribution in [0.2, 0.25) is 0 Å². The van der Waals surface area contributed by atoms with Crippen LogP contribution in [0.4, 0.5) is 5.69 Å². The quantitative estimate of drug-likeness (QED) is 0.355. The molecule has 1 aromatic rings. The number of hydrogen-bond acceptors (Lipinski definition) is 5. The Morgan fingerprint density at radius 2 is 1.73 bits per heavy atom. The minimum absolute atomic E-state index is 0.0531. The van der Waals surface area contributed by atoms with Crippen LogP contribution in [0.1, 0.15) is 66.2 Å². The van der Waals surface area contributed by atoms with Crippen LogP contribution in [0.3, 0.4) is 0 Å². The molecule has 8 heteroatoms. The van der Waals surface area contributed by atoms with Gasteiger partial charge in [-0.15, -0.1) is 11.8 Å². The molecular formula is C33H45N3O4S. The Bertz CT molecular complexity index is 1240. The van der Waals surface area contributed by atoms with Crippen molar-refractivity contribution in [3.63, 3.8) is 0 Å². The summed E-state index contributed by atoms with van der Waals surface area (Å²) in [7, 11) is 0. The number of nitrogens with one attached hydrogen (secondary N) is 2. The van der Waals surface area contributed by atoms with Crippen LogP contribution < -0.4 is 10.6 Å². The van der Waals surface area contributed by atoms with Crippen LogP contribution in [0.5, 0.6) is 0 Å². The summed E-state index contributed by atoms with van der Waals surface area (Å²) in [5.74, 6) is -0.239.